The molecule has 1 saturated carbocycles. The molecule has 5 heteroatoms. The summed E-state index contributed by atoms with van der Waals surface area (Å²) in [6.07, 6.45) is 5.65. The van der Waals surface area contributed by atoms with Gasteiger partial charge in [-0.1, -0.05) is 12.1 Å². The smallest absolute Gasteiger partial charge is 0.257 e. The van der Waals surface area contributed by atoms with Gasteiger partial charge in [-0.15, -0.1) is 0 Å². The van der Waals surface area contributed by atoms with Crippen molar-refractivity contribution in [2.24, 2.45) is 0 Å². The lowest BCUT2D eigenvalue weighted by Gasteiger charge is -2.10. The van der Waals surface area contributed by atoms with Crippen LogP contribution in [0.5, 0.6) is 5.75 Å². The maximum absolute atomic E-state index is 12.3. The zero-order valence-corrected chi connectivity index (χ0v) is 11.8. The van der Waals surface area contributed by atoms with Crippen molar-refractivity contribution in [3.8, 4) is 5.75 Å². The first-order valence-corrected chi connectivity index (χ1v) is 6.92. The van der Waals surface area contributed by atoms with Crippen LogP contribution in [0.1, 0.15) is 23.2 Å². The lowest BCUT2D eigenvalue weighted by Crippen LogP contribution is -2.13. The van der Waals surface area contributed by atoms with Crippen LogP contribution in [0, 0.1) is 0 Å². The van der Waals surface area contributed by atoms with Crippen LogP contribution in [-0.2, 0) is 0 Å². The number of anilines is 2. The van der Waals surface area contributed by atoms with E-state index in [1.165, 1.54) is 12.8 Å². The molecule has 0 aliphatic heterocycles. The van der Waals surface area contributed by atoms with E-state index >= 15 is 0 Å². The Balaban J connectivity index is 1.75. The molecular formula is C16H17N3O2. The fourth-order valence-electron chi connectivity index (χ4n) is 2.05. The summed E-state index contributed by atoms with van der Waals surface area (Å²) in [6, 6.07) is 9.66. The second kappa shape index (κ2) is 5.83. The van der Waals surface area contributed by atoms with Gasteiger partial charge in [-0.2, -0.15) is 0 Å². The van der Waals surface area contributed by atoms with E-state index in [1.54, 1.807) is 31.6 Å². The number of methoxy groups -OCH3 is 1. The summed E-state index contributed by atoms with van der Waals surface area (Å²) in [4.78, 5) is 16.4. The van der Waals surface area contributed by atoms with Gasteiger partial charge < -0.3 is 15.4 Å². The van der Waals surface area contributed by atoms with E-state index in [2.05, 4.69) is 15.6 Å². The Kier molecular flexibility index (Phi) is 3.73. The Labute approximate surface area is 123 Å². The number of aromatic nitrogens is 1. The second-order valence-corrected chi connectivity index (χ2v) is 5.04. The predicted molar refractivity (Wildman–Crippen MR) is 81.8 cm³/mol. The van der Waals surface area contributed by atoms with Crippen LogP contribution in [0.4, 0.5) is 11.4 Å². The number of pyridine rings is 1. The van der Waals surface area contributed by atoms with E-state index in [1.807, 2.05) is 18.2 Å². The van der Waals surface area contributed by atoms with Crippen LogP contribution in [-0.4, -0.2) is 24.0 Å². The molecule has 3 rings (SSSR count). The van der Waals surface area contributed by atoms with Crippen LogP contribution in [0.3, 0.4) is 0 Å². The second-order valence-electron chi connectivity index (χ2n) is 5.04. The number of nitrogens with one attached hydrogen (secondary N) is 2. The fraction of sp³-hybridized carbons (Fsp3) is 0.250. The van der Waals surface area contributed by atoms with Crippen LogP contribution in [0.2, 0.25) is 0 Å². The number of rotatable bonds is 5. The summed E-state index contributed by atoms with van der Waals surface area (Å²) >= 11 is 0. The van der Waals surface area contributed by atoms with Gasteiger partial charge in [-0.05, 0) is 31.0 Å². The van der Waals surface area contributed by atoms with E-state index < -0.39 is 0 Å². The molecule has 1 fully saturated rings. The van der Waals surface area contributed by atoms with Crippen molar-refractivity contribution in [2.75, 3.05) is 17.7 Å². The zero-order valence-electron chi connectivity index (χ0n) is 11.8. The Bertz CT molecular complexity index is 653. The third-order valence-electron chi connectivity index (χ3n) is 3.30. The minimum Gasteiger partial charge on any atom is -0.495 e. The first-order valence-electron chi connectivity index (χ1n) is 6.92. The van der Waals surface area contributed by atoms with Gasteiger partial charge in [0.15, 0.2) is 0 Å². The summed E-state index contributed by atoms with van der Waals surface area (Å²) in [7, 11) is 1.58. The molecular weight excluding hydrogens is 266 g/mol. The van der Waals surface area contributed by atoms with E-state index in [-0.39, 0.29) is 5.91 Å². The number of carbonyl (C=O) groups is 1. The molecule has 0 bridgehead atoms. The minimum atomic E-state index is -0.202. The van der Waals surface area contributed by atoms with Crippen LogP contribution in [0.15, 0.2) is 42.7 Å². The Morgan fingerprint density at radius 2 is 2.10 bits per heavy atom. The molecule has 0 spiro atoms. The highest BCUT2D eigenvalue weighted by Crippen LogP contribution is 2.26. The molecule has 1 heterocycles. The molecule has 1 aliphatic carbocycles. The normalized spacial score (nSPS) is 13.6. The average molecular weight is 283 g/mol. The minimum absolute atomic E-state index is 0.202. The van der Waals surface area contributed by atoms with Crippen LogP contribution < -0.4 is 15.4 Å². The molecule has 108 valence electrons. The molecule has 5 nitrogen and oxygen atoms in total. The number of carbonyl (C=O) groups excluding carboxylic acids is 1. The summed E-state index contributed by atoms with van der Waals surface area (Å²) in [6.45, 7) is 0. The molecule has 21 heavy (non-hydrogen) atoms. The molecule has 0 radical (unpaired) electrons. The SMILES string of the molecule is COc1ccccc1NC(=O)c1cncc(NC2CC2)c1. The maximum atomic E-state index is 12.3. The number of benzene rings is 1. The van der Waals surface area contributed by atoms with Crippen LogP contribution >= 0.6 is 0 Å². The van der Waals surface area contributed by atoms with Crippen LogP contribution in [0.25, 0.3) is 0 Å². The number of nitrogens with zero attached hydrogens (tertiary/aromatic N) is 1. The van der Waals surface area contributed by atoms with Gasteiger partial charge >= 0.3 is 0 Å². The number of ether oxygens (including phenoxy) is 1. The molecule has 2 aromatic rings. The van der Waals surface area contributed by atoms with Crippen molar-refractivity contribution in [1.29, 1.82) is 0 Å². The van der Waals surface area contributed by atoms with Gasteiger partial charge in [0.05, 0.1) is 24.0 Å². The fourth-order valence-corrected chi connectivity index (χ4v) is 2.05. The molecule has 2 N–H and O–H groups in total. The molecule has 1 amide bonds. The first-order chi connectivity index (χ1) is 10.3. The van der Waals surface area contributed by atoms with Crippen molar-refractivity contribution in [1.82, 2.24) is 4.98 Å². The third kappa shape index (κ3) is 3.31. The molecule has 0 atom stereocenters. The van der Waals surface area contributed by atoms with Crippen molar-refractivity contribution in [2.45, 2.75) is 18.9 Å². The predicted octanol–water partition coefficient (Wildman–Crippen LogP) is 2.92. The number of amides is 1. The van der Waals surface area contributed by atoms with E-state index in [0.717, 1.165) is 5.69 Å². The number of hydrogen-bond donors (Lipinski definition) is 2. The van der Waals surface area contributed by atoms with Gasteiger partial charge in [0, 0.05) is 18.4 Å². The lowest BCUT2D eigenvalue weighted by molar-refractivity contribution is 0.102. The monoisotopic (exact) mass is 283 g/mol. The summed E-state index contributed by atoms with van der Waals surface area (Å²) in [5.74, 6) is 0.428. The van der Waals surface area contributed by atoms with Gasteiger partial charge in [0.25, 0.3) is 5.91 Å². The van der Waals surface area contributed by atoms with E-state index in [9.17, 15) is 4.79 Å². The van der Waals surface area contributed by atoms with E-state index in [4.69, 9.17) is 4.74 Å². The van der Waals surface area contributed by atoms with Crippen molar-refractivity contribution >= 4 is 17.3 Å². The zero-order chi connectivity index (χ0) is 14.7. The first kappa shape index (κ1) is 13.4. The molecule has 1 aliphatic rings. The van der Waals surface area contributed by atoms with Crippen molar-refractivity contribution in [3.05, 3.63) is 48.3 Å². The average Bonchev–Trinajstić information content (AvgIpc) is 3.32. The van der Waals surface area contributed by atoms with E-state index in [0.29, 0.717) is 23.0 Å². The maximum Gasteiger partial charge on any atom is 0.257 e. The number of para-hydroxylation sites is 2. The van der Waals surface area contributed by atoms with Crippen molar-refractivity contribution in [3.63, 3.8) is 0 Å². The summed E-state index contributed by atoms with van der Waals surface area (Å²) < 4.78 is 5.22. The molecule has 0 saturated heterocycles. The van der Waals surface area contributed by atoms with Crippen molar-refractivity contribution < 1.29 is 9.53 Å². The highest BCUT2D eigenvalue weighted by atomic mass is 16.5. The topological polar surface area (TPSA) is 63.2 Å². The van der Waals surface area contributed by atoms with Gasteiger partial charge in [-0.25, -0.2) is 0 Å². The molecule has 1 aromatic carbocycles. The van der Waals surface area contributed by atoms with Gasteiger partial charge in [-0.3, -0.25) is 9.78 Å². The highest BCUT2D eigenvalue weighted by molar-refractivity contribution is 6.05. The highest BCUT2D eigenvalue weighted by Gasteiger charge is 2.21. The Morgan fingerprint density at radius 1 is 1.29 bits per heavy atom. The van der Waals surface area contributed by atoms with Gasteiger partial charge in [0.1, 0.15) is 5.75 Å². The Hall–Kier alpha value is -2.56. The summed E-state index contributed by atoms with van der Waals surface area (Å²) in [5, 5.41) is 6.17. The number of hydrogen-bond acceptors (Lipinski definition) is 4. The largest absolute Gasteiger partial charge is 0.495 e. The summed E-state index contributed by atoms with van der Waals surface area (Å²) in [5.41, 5.74) is 2.04. The standard InChI is InChI=1S/C16H17N3O2/c1-21-15-5-3-2-4-14(15)19-16(20)11-8-13(10-17-9-11)18-12-6-7-12/h2-5,8-10,12,18H,6-7H2,1H3,(H,19,20). The van der Waals surface area contributed by atoms with Gasteiger partial charge in [0.2, 0.25) is 0 Å². The Morgan fingerprint density at radius 3 is 2.86 bits per heavy atom. The molecule has 0 unspecified atom stereocenters. The quantitative estimate of drug-likeness (QED) is 0.885. The molecule has 1 aromatic heterocycles. The lowest BCUT2D eigenvalue weighted by atomic mass is 10.2. The third-order valence-corrected chi connectivity index (χ3v) is 3.30.